The normalized spacial score (nSPS) is 9.43. The van der Waals surface area contributed by atoms with Gasteiger partial charge in [0, 0.05) is 0 Å². The first kappa shape index (κ1) is 11.5. The molecule has 14 heavy (non-hydrogen) atoms. The molecule has 0 amide bonds. The molecule has 0 aliphatic carbocycles. The number of aromatic carboxylic acids is 1. The SMILES string of the molecule is O=C([O-])c1cnc(-c2cccs2)[nH]1.[Na+]. The fourth-order valence-corrected chi connectivity index (χ4v) is 1.64. The predicted molar refractivity (Wildman–Crippen MR) is 46.2 cm³/mol. The molecule has 66 valence electrons. The van der Waals surface area contributed by atoms with Gasteiger partial charge in [-0.15, -0.1) is 11.3 Å². The Labute approximate surface area is 106 Å². The number of hydrogen-bond donors (Lipinski definition) is 1. The number of carboxylic acid groups (broad SMARTS) is 1. The molecule has 0 unspecified atom stereocenters. The van der Waals surface area contributed by atoms with Gasteiger partial charge in [-0.05, 0) is 11.4 Å². The summed E-state index contributed by atoms with van der Waals surface area (Å²) in [5.41, 5.74) is 0.00315. The Bertz CT molecular complexity index is 424. The molecule has 2 aromatic rings. The monoisotopic (exact) mass is 216 g/mol. The van der Waals surface area contributed by atoms with Crippen LogP contribution in [0.25, 0.3) is 10.7 Å². The summed E-state index contributed by atoms with van der Waals surface area (Å²) < 4.78 is 0. The van der Waals surface area contributed by atoms with E-state index in [1.165, 1.54) is 17.5 Å². The summed E-state index contributed by atoms with van der Waals surface area (Å²) in [6, 6.07) is 3.74. The largest absolute Gasteiger partial charge is 1.00 e. The molecular formula is C8H5N2NaO2S. The van der Waals surface area contributed by atoms with Crippen LogP contribution in [0.2, 0.25) is 0 Å². The first-order valence-corrected chi connectivity index (χ1v) is 4.45. The van der Waals surface area contributed by atoms with Crippen molar-refractivity contribution in [2.24, 2.45) is 0 Å². The van der Waals surface area contributed by atoms with Gasteiger partial charge in [-0.1, -0.05) is 6.07 Å². The summed E-state index contributed by atoms with van der Waals surface area (Å²) in [6.07, 6.45) is 1.25. The van der Waals surface area contributed by atoms with Crippen molar-refractivity contribution in [3.8, 4) is 10.7 Å². The third-order valence-corrected chi connectivity index (χ3v) is 2.43. The minimum Gasteiger partial charge on any atom is -0.543 e. The topological polar surface area (TPSA) is 68.8 Å². The number of carboxylic acids is 1. The van der Waals surface area contributed by atoms with Gasteiger partial charge in [0.1, 0.15) is 5.82 Å². The van der Waals surface area contributed by atoms with Crippen LogP contribution >= 0.6 is 11.3 Å². The van der Waals surface area contributed by atoms with Gasteiger partial charge < -0.3 is 14.9 Å². The van der Waals surface area contributed by atoms with Gasteiger partial charge in [0.2, 0.25) is 0 Å². The smallest absolute Gasteiger partial charge is 0.543 e. The van der Waals surface area contributed by atoms with E-state index in [0.29, 0.717) is 5.82 Å². The number of imidazole rings is 1. The summed E-state index contributed by atoms with van der Waals surface area (Å²) in [5.74, 6) is -0.676. The molecule has 2 heterocycles. The molecule has 1 N–H and O–H groups in total. The maximum atomic E-state index is 10.4. The molecule has 0 spiro atoms. The van der Waals surface area contributed by atoms with Crippen LogP contribution in [-0.2, 0) is 0 Å². The van der Waals surface area contributed by atoms with Crippen molar-refractivity contribution >= 4 is 17.3 Å². The number of H-pyrrole nitrogens is 1. The van der Waals surface area contributed by atoms with Crippen molar-refractivity contribution in [1.82, 2.24) is 9.97 Å². The molecule has 0 atom stereocenters. The second-order valence-electron chi connectivity index (χ2n) is 2.41. The Morgan fingerprint density at radius 3 is 2.86 bits per heavy atom. The molecule has 0 aliphatic heterocycles. The Morgan fingerprint density at radius 1 is 1.57 bits per heavy atom. The number of aromatic nitrogens is 2. The first-order valence-electron chi connectivity index (χ1n) is 3.57. The average molecular weight is 216 g/mol. The van der Waals surface area contributed by atoms with Crippen molar-refractivity contribution < 1.29 is 39.5 Å². The number of carbonyl (C=O) groups is 1. The van der Waals surface area contributed by atoms with Crippen LogP contribution in [0, 0.1) is 0 Å². The van der Waals surface area contributed by atoms with E-state index in [-0.39, 0.29) is 35.3 Å². The van der Waals surface area contributed by atoms with Crippen molar-refractivity contribution in [1.29, 1.82) is 0 Å². The zero-order chi connectivity index (χ0) is 9.26. The van der Waals surface area contributed by atoms with Gasteiger partial charge >= 0.3 is 29.6 Å². The van der Waals surface area contributed by atoms with Gasteiger partial charge in [0.15, 0.2) is 0 Å². The number of thiophene rings is 1. The molecule has 0 saturated carbocycles. The number of nitrogens with zero attached hydrogens (tertiary/aromatic N) is 1. The van der Waals surface area contributed by atoms with Crippen molar-refractivity contribution in [2.75, 3.05) is 0 Å². The van der Waals surface area contributed by atoms with E-state index in [0.717, 1.165) is 4.88 Å². The fraction of sp³-hybridized carbons (Fsp3) is 0. The van der Waals surface area contributed by atoms with Crippen LogP contribution in [0.1, 0.15) is 10.5 Å². The van der Waals surface area contributed by atoms with Crippen molar-refractivity contribution in [3.63, 3.8) is 0 Å². The van der Waals surface area contributed by atoms with Gasteiger partial charge in [0.05, 0.1) is 22.7 Å². The molecule has 0 aromatic carbocycles. The number of nitrogens with one attached hydrogen (secondary N) is 1. The van der Waals surface area contributed by atoms with Gasteiger partial charge in [-0.3, -0.25) is 0 Å². The Kier molecular flexibility index (Phi) is 3.88. The summed E-state index contributed by atoms with van der Waals surface area (Å²) in [4.78, 5) is 17.9. The molecule has 0 radical (unpaired) electrons. The van der Waals surface area contributed by atoms with Gasteiger partial charge in [0.25, 0.3) is 0 Å². The van der Waals surface area contributed by atoms with Crippen LogP contribution in [0.3, 0.4) is 0 Å². The molecule has 2 aromatic heterocycles. The van der Waals surface area contributed by atoms with Crippen LogP contribution in [0.15, 0.2) is 23.7 Å². The minimum atomic E-state index is -1.24. The van der Waals surface area contributed by atoms with Crippen molar-refractivity contribution in [2.45, 2.75) is 0 Å². The predicted octanol–water partition coefficient (Wildman–Crippen LogP) is -2.49. The molecule has 0 fully saturated rings. The van der Waals surface area contributed by atoms with E-state index in [4.69, 9.17) is 0 Å². The summed E-state index contributed by atoms with van der Waals surface area (Å²) in [5, 5.41) is 12.3. The zero-order valence-electron chi connectivity index (χ0n) is 7.48. The quantitative estimate of drug-likeness (QED) is 0.564. The van der Waals surface area contributed by atoms with E-state index in [2.05, 4.69) is 9.97 Å². The van der Waals surface area contributed by atoms with Crippen LogP contribution in [0.4, 0.5) is 0 Å². The van der Waals surface area contributed by atoms with Crippen molar-refractivity contribution in [3.05, 3.63) is 29.4 Å². The number of rotatable bonds is 2. The molecular weight excluding hydrogens is 211 g/mol. The van der Waals surface area contributed by atoms with E-state index < -0.39 is 5.97 Å². The van der Waals surface area contributed by atoms with E-state index in [1.54, 1.807) is 0 Å². The minimum absolute atomic E-state index is 0. The molecule has 0 saturated heterocycles. The molecule has 0 bridgehead atoms. The molecule has 6 heteroatoms. The van der Waals surface area contributed by atoms with Crippen LogP contribution in [0.5, 0.6) is 0 Å². The fourth-order valence-electron chi connectivity index (χ4n) is 0.963. The maximum Gasteiger partial charge on any atom is 1.00 e. The second-order valence-corrected chi connectivity index (χ2v) is 3.36. The van der Waals surface area contributed by atoms with Crippen LogP contribution < -0.4 is 34.7 Å². The number of aromatic amines is 1. The van der Waals surface area contributed by atoms with E-state index in [1.807, 2.05) is 17.5 Å². The third-order valence-electron chi connectivity index (χ3n) is 1.55. The van der Waals surface area contributed by atoms with Gasteiger partial charge in [-0.2, -0.15) is 0 Å². The number of hydrogen-bond acceptors (Lipinski definition) is 4. The summed E-state index contributed by atoms with van der Waals surface area (Å²) >= 11 is 1.49. The van der Waals surface area contributed by atoms with Crippen LogP contribution in [-0.4, -0.2) is 15.9 Å². The maximum absolute atomic E-state index is 10.4. The Hall–Kier alpha value is -0.620. The number of carbonyl (C=O) groups excluding carboxylic acids is 1. The average Bonchev–Trinajstić information content (AvgIpc) is 2.75. The second kappa shape index (κ2) is 4.75. The molecule has 0 aliphatic rings. The van der Waals surface area contributed by atoms with E-state index in [9.17, 15) is 9.90 Å². The van der Waals surface area contributed by atoms with Gasteiger partial charge in [-0.25, -0.2) is 4.98 Å². The standard InChI is InChI=1S/C8H6N2O2S.Na/c11-8(12)5-4-9-7(10-5)6-2-1-3-13-6;/h1-4H,(H,9,10)(H,11,12);/q;+1/p-1. The third kappa shape index (κ3) is 2.24. The molecule has 2 rings (SSSR count). The molecule has 4 nitrogen and oxygen atoms in total. The Balaban J connectivity index is 0.000000980. The van der Waals surface area contributed by atoms with E-state index >= 15 is 0 Å². The zero-order valence-corrected chi connectivity index (χ0v) is 10.3. The summed E-state index contributed by atoms with van der Waals surface area (Å²) in [6.45, 7) is 0. The Morgan fingerprint density at radius 2 is 2.36 bits per heavy atom. The summed E-state index contributed by atoms with van der Waals surface area (Å²) in [7, 11) is 0. The first-order chi connectivity index (χ1) is 6.27.